The van der Waals surface area contributed by atoms with Crippen LogP contribution in [0.3, 0.4) is 0 Å². The van der Waals surface area contributed by atoms with Crippen LogP contribution in [0.25, 0.3) is 0 Å². The lowest BCUT2D eigenvalue weighted by Gasteiger charge is -2.43. The Morgan fingerprint density at radius 3 is 3.19 bits per heavy atom. The number of anilines is 1. The van der Waals surface area contributed by atoms with Gasteiger partial charge >= 0.3 is 6.09 Å². The Morgan fingerprint density at radius 2 is 2.38 bits per heavy atom. The molecule has 0 aliphatic carbocycles. The molecule has 3 rings (SSSR count). The first kappa shape index (κ1) is 14.2. The van der Waals surface area contributed by atoms with E-state index in [1.807, 2.05) is 6.92 Å². The summed E-state index contributed by atoms with van der Waals surface area (Å²) in [5.74, 6) is 0.982. The molecule has 0 aromatic carbocycles. The van der Waals surface area contributed by atoms with Gasteiger partial charge in [0.2, 0.25) is 11.8 Å². The molecule has 2 aliphatic heterocycles. The fraction of sp³-hybridized carbons (Fsp3) is 0.615. The summed E-state index contributed by atoms with van der Waals surface area (Å²) in [5, 5.41) is 0.403. The van der Waals surface area contributed by atoms with Crippen molar-refractivity contribution in [3.63, 3.8) is 0 Å². The maximum absolute atomic E-state index is 11.7. The van der Waals surface area contributed by atoms with Crippen molar-refractivity contribution in [3.8, 4) is 5.88 Å². The number of carbonyl (C=O) groups is 1. The Hall–Kier alpha value is -1.76. The van der Waals surface area contributed by atoms with E-state index in [-0.39, 0.29) is 12.1 Å². The Kier molecular flexibility index (Phi) is 4.01. The lowest BCUT2D eigenvalue weighted by Crippen LogP contribution is -2.58. The van der Waals surface area contributed by atoms with Crippen molar-refractivity contribution in [1.29, 1.82) is 0 Å². The average Bonchev–Trinajstić information content (AvgIpc) is 2.50. The highest BCUT2D eigenvalue weighted by Gasteiger charge is 2.35. The fourth-order valence-corrected chi connectivity index (χ4v) is 2.77. The van der Waals surface area contributed by atoms with Gasteiger partial charge in [0, 0.05) is 26.1 Å². The summed E-state index contributed by atoms with van der Waals surface area (Å²) < 4.78 is 10.5. The van der Waals surface area contributed by atoms with Crippen LogP contribution in [0.1, 0.15) is 13.3 Å². The first-order valence-electron chi connectivity index (χ1n) is 7.02. The van der Waals surface area contributed by atoms with Gasteiger partial charge < -0.3 is 19.3 Å². The maximum atomic E-state index is 11.7. The zero-order valence-corrected chi connectivity index (χ0v) is 12.5. The van der Waals surface area contributed by atoms with Crippen LogP contribution >= 0.6 is 11.6 Å². The lowest BCUT2D eigenvalue weighted by atomic mass is 10.1. The molecule has 7 nitrogen and oxygen atoms in total. The number of carbonyl (C=O) groups excluding carboxylic acids is 1. The molecule has 1 aromatic rings. The van der Waals surface area contributed by atoms with Crippen molar-refractivity contribution in [2.24, 2.45) is 0 Å². The van der Waals surface area contributed by atoms with Gasteiger partial charge in [-0.1, -0.05) is 11.6 Å². The summed E-state index contributed by atoms with van der Waals surface area (Å²) in [5.41, 5.74) is 0. The van der Waals surface area contributed by atoms with Crippen LogP contribution in [0, 0.1) is 0 Å². The normalized spacial score (nSPS) is 21.8. The van der Waals surface area contributed by atoms with E-state index < -0.39 is 0 Å². The molecule has 1 aromatic heterocycles. The van der Waals surface area contributed by atoms with Gasteiger partial charge in [0.1, 0.15) is 5.02 Å². The minimum absolute atomic E-state index is 0.148. The van der Waals surface area contributed by atoms with Crippen LogP contribution in [0.2, 0.25) is 5.02 Å². The van der Waals surface area contributed by atoms with E-state index in [2.05, 4.69) is 14.9 Å². The van der Waals surface area contributed by atoms with Crippen molar-refractivity contribution < 1.29 is 14.3 Å². The minimum Gasteiger partial charge on any atom is -0.477 e. The summed E-state index contributed by atoms with van der Waals surface area (Å²) in [4.78, 5) is 24.1. The van der Waals surface area contributed by atoms with Crippen molar-refractivity contribution in [1.82, 2.24) is 14.9 Å². The predicted molar refractivity (Wildman–Crippen MR) is 76.9 cm³/mol. The van der Waals surface area contributed by atoms with Gasteiger partial charge in [0.05, 0.1) is 25.5 Å². The summed E-state index contributed by atoms with van der Waals surface area (Å²) in [6, 6.07) is 0.148. The van der Waals surface area contributed by atoms with E-state index in [1.54, 1.807) is 11.1 Å². The summed E-state index contributed by atoms with van der Waals surface area (Å²) in [7, 11) is 0. The highest BCUT2D eigenvalue weighted by Crippen LogP contribution is 2.26. The SMILES string of the molecule is CCOc1nc(N2CCN3C(=O)OCCC3C2)ncc1Cl. The zero-order chi connectivity index (χ0) is 14.8. The molecule has 1 atom stereocenters. The second-order valence-corrected chi connectivity index (χ2v) is 5.36. The monoisotopic (exact) mass is 312 g/mol. The molecule has 114 valence electrons. The highest BCUT2D eigenvalue weighted by molar-refractivity contribution is 6.31. The van der Waals surface area contributed by atoms with Gasteiger partial charge in [-0.2, -0.15) is 4.98 Å². The molecule has 0 spiro atoms. The van der Waals surface area contributed by atoms with Crippen LogP contribution in [0.5, 0.6) is 5.88 Å². The molecular weight excluding hydrogens is 296 g/mol. The number of nitrogens with zero attached hydrogens (tertiary/aromatic N) is 4. The second kappa shape index (κ2) is 5.93. The second-order valence-electron chi connectivity index (χ2n) is 4.95. The van der Waals surface area contributed by atoms with Crippen LogP contribution in [0.4, 0.5) is 10.7 Å². The number of fused-ring (bicyclic) bond motifs is 1. The van der Waals surface area contributed by atoms with Crippen LogP contribution in [-0.4, -0.2) is 59.9 Å². The topological polar surface area (TPSA) is 67.8 Å². The van der Waals surface area contributed by atoms with E-state index in [0.29, 0.717) is 49.7 Å². The first-order valence-corrected chi connectivity index (χ1v) is 7.40. The minimum atomic E-state index is -0.224. The number of amides is 1. The number of cyclic esters (lactones) is 1. The Balaban J connectivity index is 1.76. The van der Waals surface area contributed by atoms with Crippen LogP contribution < -0.4 is 9.64 Å². The van der Waals surface area contributed by atoms with Gasteiger partial charge in [0.15, 0.2) is 0 Å². The molecule has 2 aliphatic rings. The van der Waals surface area contributed by atoms with Crippen molar-refractivity contribution in [2.75, 3.05) is 37.7 Å². The number of hydrogen-bond donors (Lipinski definition) is 0. The lowest BCUT2D eigenvalue weighted by molar-refractivity contribution is 0.0396. The molecule has 0 radical (unpaired) electrons. The molecule has 1 amide bonds. The Bertz CT molecular complexity index is 542. The van der Waals surface area contributed by atoms with E-state index >= 15 is 0 Å². The number of rotatable bonds is 3. The Labute approximate surface area is 127 Å². The van der Waals surface area contributed by atoms with Gasteiger partial charge in [-0.25, -0.2) is 9.78 Å². The van der Waals surface area contributed by atoms with E-state index in [1.165, 1.54) is 0 Å². The maximum Gasteiger partial charge on any atom is 0.410 e. The van der Waals surface area contributed by atoms with Crippen LogP contribution in [-0.2, 0) is 4.74 Å². The van der Waals surface area contributed by atoms with E-state index in [4.69, 9.17) is 21.1 Å². The summed E-state index contributed by atoms with van der Waals surface area (Å²) in [6.07, 6.45) is 2.16. The molecule has 0 saturated carbocycles. The molecule has 8 heteroatoms. The Morgan fingerprint density at radius 1 is 1.52 bits per heavy atom. The van der Waals surface area contributed by atoms with E-state index in [0.717, 1.165) is 6.42 Å². The van der Waals surface area contributed by atoms with E-state index in [9.17, 15) is 4.79 Å². The summed E-state index contributed by atoms with van der Waals surface area (Å²) >= 11 is 6.01. The third-order valence-electron chi connectivity index (χ3n) is 3.66. The van der Waals surface area contributed by atoms with Gasteiger partial charge in [-0.15, -0.1) is 0 Å². The fourth-order valence-electron chi connectivity index (χ4n) is 2.62. The molecule has 2 fully saturated rings. The molecule has 3 heterocycles. The molecule has 21 heavy (non-hydrogen) atoms. The zero-order valence-electron chi connectivity index (χ0n) is 11.8. The highest BCUT2D eigenvalue weighted by atomic mass is 35.5. The van der Waals surface area contributed by atoms with Gasteiger partial charge in [0.25, 0.3) is 0 Å². The number of aromatic nitrogens is 2. The summed E-state index contributed by atoms with van der Waals surface area (Å²) in [6.45, 7) is 4.82. The predicted octanol–water partition coefficient (Wildman–Crippen LogP) is 1.56. The largest absolute Gasteiger partial charge is 0.477 e. The van der Waals surface area contributed by atoms with Crippen molar-refractivity contribution in [3.05, 3.63) is 11.2 Å². The van der Waals surface area contributed by atoms with Crippen molar-refractivity contribution >= 4 is 23.6 Å². The standard InChI is InChI=1S/C13H17ClN4O3/c1-2-20-11-10(14)7-15-12(16-11)17-4-5-18-9(8-17)3-6-21-13(18)19/h7,9H,2-6,8H2,1H3. The smallest absolute Gasteiger partial charge is 0.410 e. The molecular formula is C13H17ClN4O3. The number of piperazine rings is 1. The molecule has 0 bridgehead atoms. The number of hydrogen-bond acceptors (Lipinski definition) is 6. The number of halogens is 1. The van der Waals surface area contributed by atoms with Crippen LogP contribution in [0.15, 0.2) is 6.20 Å². The third kappa shape index (κ3) is 2.83. The van der Waals surface area contributed by atoms with Gasteiger partial charge in [-0.3, -0.25) is 0 Å². The average molecular weight is 313 g/mol. The first-order chi connectivity index (χ1) is 10.2. The number of ether oxygens (including phenoxy) is 2. The molecule has 0 N–H and O–H groups in total. The molecule has 2 saturated heterocycles. The molecule has 1 unspecified atom stereocenters. The van der Waals surface area contributed by atoms with Gasteiger partial charge in [-0.05, 0) is 6.92 Å². The quantitative estimate of drug-likeness (QED) is 0.844. The van der Waals surface area contributed by atoms with Crippen molar-refractivity contribution in [2.45, 2.75) is 19.4 Å². The third-order valence-corrected chi connectivity index (χ3v) is 3.92.